The van der Waals surface area contributed by atoms with Gasteiger partial charge in [0.2, 0.25) is 11.8 Å². The molecule has 146 valence electrons. The topological polar surface area (TPSA) is 67.2 Å². The maximum absolute atomic E-state index is 12.8. The number of hydrogen-bond donors (Lipinski definition) is 1. The Bertz CT molecular complexity index is 1060. The van der Waals surface area contributed by atoms with Crippen molar-refractivity contribution >= 4 is 23.6 Å². The van der Waals surface area contributed by atoms with Gasteiger partial charge in [0.1, 0.15) is 0 Å². The van der Waals surface area contributed by atoms with Gasteiger partial charge in [0.15, 0.2) is 0 Å². The predicted molar refractivity (Wildman–Crippen MR) is 112 cm³/mol. The van der Waals surface area contributed by atoms with Crippen molar-refractivity contribution in [2.24, 2.45) is 0 Å². The Morgan fingerprint density at radius 1 is 1.10 bits per heavy atom. The first-order valence-corrected chi connectivity index (χ1v) is 9.52. The highest BCUT2D eigenvalue weighted by atomic mass is 16.2. The summed E-state index contributed by atoms with van der Waals surface area (Å²) in [7, 11) is 0. The minimum atomic E-state index is -0.319. The summed E-state index contributed by atoms with van der Waals surface area (Å²) in [6.07, 6.45) is 7.49. The third-order valence-electron chi connectivity index (χ3n) is 4.96. The Hall–Kier alpha value is -3.67. The molecule has 0 saturated heterocycles. The molecule has 3 aromatic rings. The van der Waals surface area contributed by atoms with Gasteiger partial charge in [-0.1, -0.05) is 36.4 Å². The summed E-state index contributed by atoms with van der Waals surface area (Å²) in [5.41, 5.74) is 3.79. The molecular weight excluding hydrogens is 364 g/mol. The fraction of sp³-hybridized carbons (Fsp3) is 0.174. The van der Waals surface area contributed by atoms with Crippen LogP contribution >= 0.6 is 0 Å². The third kappa shape index (κ3) is 4.27. The number of benzene rings is 2. The van der Waals surface area contributed by atoms with Crippen molar-refractivity contribution in [1.29, 1.82) is 0 Å². The Morgan fingerprint density at radius 3 is 2.76 bits per heavy atom. The molecule has 1 aliphatic heterocycles. The number of hydrogen-bond acceptors (Lipinski definition) is 3. The maximum atomic E-state index is 12.8. The highest BCUT2D eigenvalue weighted by Crippen LogP contribution is 2.33. The van der Waals surface area contributed by atoms with Gasteiger partial charge in [0.05, 0.1) is 19.0 Å². The van der Waals surface area contributed by atoms with Crippen LogP contribution in [0, 0.1) is 0 Å². The number of fused-ring (bicyclic) bond motifs is 1. The zero-order valence-corrected chi connectivity index (χ0v) is 16.2. The first-order chi connectivity index (χ1) is 14.1. The molecule has 1 atom stereocenters. The lowest BCUT2D eigenvalue weighted by molar-refractivity contribution is -0.129. The van der Waals surface area contributed by atoms with Crippen LogP contribution in [-0.2, 0) is 16.1 Å². The van der Waals surface area contributed by atoms with Crippen LogP contribution in [-0.4, -0.2) is 26.5 Å². The van der Waals surface area contributed by atoms with Crippen LogP contribution in [0.1, 0.15) is 36.1 Å². The number of aromatic nitrogens is 2. The van der Waals surface area contributed by atoms with Gasteiger partial charge in [0, 0.05) is 31.2 Å². The molecule has 0 spiro atoms. The number of carbonyl (C=O) groups excluding carboxylic acids is 2. The second-order valence-electron chi connectivity index (χ2n) is 7.04. The van der Waals surface area contributed by atoms with Gasteiger partial charge in [0.25, 0.3) is 0 Å². The second kappa shape index (κ2) is 8.14. The quantitative estimate of drug-likeness (QED) is 0.725. The lowest BCUT2D eigenvalue weighted by Gasteiger charge is -2.32. The maximum Gasteiger partial charge on any atom is 0.226 e. The highest BCUT2D eigenvalue weighted by Gasteiger charge is 2.28. The van der Waals surface area contributed by atoms with E-state index in [1.807, 2.05) is 71.6 Å². The smallest absolute Gasteiger partial charge is 0.226 e. The van der Waals surface area contributed by atoms with Gasteiger partial charge in [-0.15, -0.1) is 0 Å². The van der Waals surface area contributed by atoms with E-state index in [0.29, 0.717) is 6.54 Å². The van der Waals surface area contributed by atoms with Gasteiger partial charge < -0.3 is 10.2 Å². The molecule has 0 saturated carbocycles. The zero-order valence-electron chi connectivity index (χ0n) is 16.2. The first kappa shape index (κ1) is 18.7. The molecular formula is C23H22N4O2. The van der Waals surface area contributed by atoms with E-state index in [9.17, 15) is 9.59 Å². The van der Waals surface area contributed by atoms with Gasteiger partial charge >= 0.3 is 0 Å². The average Bonchev–Trinajstić information content (AvgIpc) is 3.21. The summed E-state index contributed by atoms with van der Waals surface area (Å²) in [5, 5.41) is 7.18. The van der Waals surface area contributed by atoms with Gasteiger partial charge in [-0.3, -0.25) is 14.3 Å². The summed E-state index contributed by atoms with van der Waals surface area (Å²) >= 11 is 0. The normalized spacial score (nSPS) is 15.1. The molecule has 1 unspecified atom stereocenters. The summed E-state index contributed by atoms with van der Waals surface area (Å²) in [5.74, 6) is -0.225. The summed E-state index contributed by atoms with van der Waals surface area (Å²) in [6, 6.07) is 17.1. The minimum absolute atomic E-state index is 0.0882. The monoisotopic (exact) mass is 386 g/mol. The van der Waals surface area contributed by atoms with E-state index in [1.54, 1.807) is 17.3 Å². The van der Waals surface area contributed by atoms with E-state index >= 15 is 0 Å². The molecule has 1 aromatic heterocycles. The summed E-state index contributed by atoms with van der Waals surface area (Å²) in [6.45, 7) is 2.15. The number of amides is 2. The van der Waals surface area contributed by atoms with Crippen LogP contribution in [0.25, 0.3) is 6.08 Å². The molecule has 6 heteroatoms. The molecule has 1 N–H and O–H groups in total. The van der Waals surface area contributed by atoms with E-state index in [1.165, 1.54) is 6.92 Å². The van der Waals surface area contributed by atoms with Crippen molar-refractivity contribution in [2.45, 2.75) is 25.9 Å². The molecule has 2 heterocycles. The molecule has 29 heavy (non-hydrogen) atoms. The van der Waals surface area contributed by atoms with Crippen molar-refractivity contribution in [1.82, 2.24) is 14.7 Å². The molecule has 1 aliphatic rings. The van der Waals surface area contributed by atoms with E-state index in [2.05, 4.69) is 10.4 Å². The van der Waals surface area contributed by atoms with Crippen molar-refractivity contribution in [2.75, 3.05) is 5.32 Å². The zero-order chi connectivity index (χ0) is 20.2. The average molecular weight is 386 g/mol. The first-order valence-electron chi connectivity index (χ1n) is 9.52. The van der Waals surface area contributed by atoms with Gasteiger partial charge in [-0.05, 0) is 41.0 Å². The number of rotatable bonds is 5. The second-order valence-corrected chi connectivity index (χ2v) is 7.04. The molecule has 0 fully saturated rings. The minimum Gasteiger partial charge on any atom is -0.326 e. The Balaban J connectivity index is 1.49. The lowest BCUT2D eigenvalue weighted by Crippen LogP contribution is -2.33. The molecule has 0 radical (unpaired) electrons. The lowest BCUT2D eigenvalue weighted by atomic mass is 9.93. The molecule has 4 rings (SSSR count). The molecule has 2 aromatic carbocycles. The number of nitrogens with zero attached hydrogens (tertiary/aromatic N) is 3. The van der Waals surface area contributed by atoms with Crippen LogP contribution in [0.5, 0.6) is 0 Å². The number of nitrogens with one attached hydrogen (secondary N) is 1. The summed E-state index contributed by atoms with van der Waals surface area (Å²) in [4.78, 5) is 26.5. The van der Waals surface area contributed by atoms with Crippen molar-refractivity contribution in [3.63, 3.8) is 0 Å². The van der Waals surface area contributed by atoms with Crippen molar-refractivity contribution in [3.8, 4) is 0 Å². The Kier molecular flexibility index (Phi) is 5.24. The fourth-order valence-corrected chi connectivity index (χ4v) is 3.63. The van der Waals surface area contributed by atoms with Crippen LogP contribution in [0.4, 0.5) is 5.69 Å². The molecule has 0 aliphatic carbocycles. The van der Waals surface area contributed by atoms with Gasteiger partial charge in [-0.2, -0.15) is 5.10 Å². The largest absolute Gasteiger partial charge is 0.326 e. The fourth-order valence-electron chi connectivity index (χ4n) is 3.63. The predicted octanol–water partition coefficient (Wildman–Crippen LogP) is 3.83. The molecule has 0 bridgehead atoms. The van der Waals surface area contributed by atoms with E-state index in [4.69, 9.17) is 0 Å². The number of anilines is 1. The van der Waals surface area contributed by atoms with Crippen LogP contribution in [0.15, 0.2) is 73.2 Å². The third-order valence-corrected chi connectivity index (χ3v) is 4.96. The van der Waals surface area contributed by atoms with Crippen molar-refractivity contribution in [3.05, 3.63) is 89.9 Å². The van der Waals surface area contributed by atoms with Crippen molar-refractivity contribution < 1.29 is 9.59 Å². The van der Waals surface area contributed by atoms with E-state index < -0.39 is 0 Å². The Morgan fingerprint density at radius 2 is 1.97 bits per heavy atom. The standard InChI is InChI=1S/C23H22N4O2/c1-17(28)27-13-10-19-7-2-3-9-21(19)22(27)15-23(29)25-20-8-4-6-18(14-20)16-26-12-5-11-24-26/h2-14,22H,15-16H2,1H3,(H,25,29). The van der Waals surface area contributed by atoms with Gasteiger partial charge in [-0.25, -0.2) is 0 Å². The highest BCUT2D eigenvalue weighted by molar-refractivity contribution is 5.92. The van der Waals surface area contributed by atoms with E-state index in [0.717, 1.165) is 22.4 Å². The SMILES string of the molecule is CC(=O)N1C=Cc2ccccc2C1CC(=O)Nc1cccc(Cn2cccn2)c1. The number of carbonyl (C=O) groups is 2. The molecule has 6 nitrogen and oxygen atoms in total. The van der Waals surface area contributed by atoms with Crippen LogP contribution in [0.2, 0.25) is 0 Å². The van der Waals surface area contributed by atoms with Crippen LogP contribution < -0.4 is 5.32 Å². The molecule has 2 amide bonds. The van der Waals surface area contributed by atoms with Crippen LogP contribution in [0.3, 0.4) is 0 Å². The summed E-state index contributed by atoms with van der Waals surface area (Å²) < 4.78 is 1.83. The Labute approximate surface area is 169 Å². The van der Waals surface area contributed by atoms with E-state index in [-0.39, 0.29) is 24.3 Å².